The number of halogens is 2. The third kappa shape index (κ3) is 5.39. The number of hydrogen-bond donors (Lipinski definition) is 0. The van der Waals surface area contributed by atoms with Gasteiger partial charge in [-0.05, 0) is 113 Å². The summed E-state index contributed by atoms with van der Waals surface area (Å²) in [5.74, 6) is 0. The van der Waals surface area contributed by atoms with E-state index in [1.54, 1.807) is 18.3 Å². The van der Waals surface area contributed by atoms with Crippen molar-refractivity contribution in [2.45, 2.75) is 155 Å². The molecule has 0 amide bonds. The van der Waals surface area contributed by atoms with E-state index in [1.807, 2.05) is 0 Å². The van der Waals surface area contributed by atoms with E-state index >= 15 is 0 Å². The Morgan fingerprint density at radius 3 is 1.09 bits per heavy atom. The lowest BCUT2D eigenvalue weighted by molar-refractivity contribution is -0.116. The van der Waals surface area contributed by atoms with Crippen molar-refractivity contribution in [3.05, 3.63) is 18.3 Å². The maximum Gasteiger partial charge on any atom is 0.0912 e. The summed E-state index contributed by atoms with van der Waals surface area (Å²) < 4.78 is 11.4. The van der Waals surface area contributed by atoms with Crippen LogP contribution in [0.2, 0.25) is 36.3 Å². The molecule has 204 valence electrons. The molecule has 0 aromatic heterocycles. The quantitative estimate of drug-likeness (QED) is 0.206. The van der Waals surface area contributed by atoms with Gasteiger partial charge >= 0.3 is 0 Å². The largest absolute Gasteiger partial charge is 0.375 e. The maximum atomic E-state index is 8.25. The average Bonchev–Trinajstić information content (AvgIpc) is 2.61. The van der Waals surface area contributed by atoms with Crippen LogP contribution < -0.4 is 0 Å². The molecular formula is C30H56I2OSi2. The molecule has 0 heterocycles. The van der Waals surface area contributed by atoms with Gasteiger partial charge in [0.15, 0.2) is 0 Å². The molecule has 2 aliphatic rings. The van der Waals surface area contributed by atoms with Gasteiger partial charge in [0, 0.05) is 0 Å². The van der Waals surface area contributed by atoms with E-state index in [0.717, 1.165) is 25.7 Å². The molecule has 0 bridgehead atoms. The molecule has 2 rings (SSSR count). The summed E-state index contributed by atoms with van der Waals surface area (Å²) in [6, 6.07) is 0. The minimum atomic E-state index is -1.92. The van der Waals surface area contributed by atoms with Crippen LogP contribution in [0, 0.1) is 10.8 Å². The Hall–Kier alpha value is 1.33. The van der Waals surface area contributed by atoms with E-state index in [-0.39, 0.29) is 31.4 Å². The fourth-order valence-electron chi connectivity index (χ4n) is 6.90. The summed E-state index contributed by atoms with van der Waals surface area (Å²) in [7, 11) is -3.85. The highest BCUT2D eigenvalue weighted by atomic mass is 127. The van der Waals surface area contributed by atoms with E-state index in [2.05, 4.69) is 154 Å². The van der Waals surface area contributed by atoms with Crippen molar-refractivity contribution < 1.29 is 4.74 Å². The Bertz CT molecular complexity index is 838. The van der Waals surface area contributed by atoms with E-state index < -0.39 is 16.1 Å². The number of ether oxygens (including phenoxy) is 1. The van der Waals surface area contributed by atoms with Gasteiger partial charge in [0.1, 0.15) is 0 Å². The van der Waals surface area contributed by atoms with Crippen molar-refractivity contribution >= 4 is 61.3 Å². The molecule has 0 radical (unpaired) electrons. The van der Waals surface area contributed by atoms with Crippen LogP contribution in [0.15, 0.2) is 18.3 Å². The predicted molar refractivity (Wildman–Crippen MR) is 180 cm³/mol. The Kier molecular flexibility index (Phi) is 8.80. The van der Waals surface area contributed by atoms with Crippen molar-refractivity contribution in [3.8, 4) is 0 Å². The van der Waals surface area contributed by atoms with E-state index in [9.17, 15) is 0 Å². The monoisotopic (exact) mass is 742 g/mol. The minimum absolute atomic E-state index is 0.0812. The second-order valence-electron chi connectivity index (χ2n) is 16.5. The van der Waals surface area contributed by atoms with Crippen molar-refractivity contribution in [3.63, 3.8) is 0 Å². The molecule has 2 aliphatic carbocycles. The van der Waals surface area contributed by atoms with Crippen LogP contribution in [0.3, 0.4) is 0 Å². The number of hydrogen-bond acceptors (Lipinski definition) is 1. The molecule has 0 aromatic carbocycles. The molecule has 0 saturated carbocycles. The molecule has 0 N–H and O–H groups in total. The average molecular weight is 743 g/mol. The first-order valence-electron chi connectivity index (χ1n) is 13.6. The Morgan fingerprint density at radius 2 is 0.886 bits per heavy atom. The molecule has 35 heavy (non-hydrogen) atoms. The second-order valence-corrected chi connectivity index (χ2v) is 30.0. The molecule has 2 atom stereocenters. The van der Waals surface area contributed by atoms with Crippen LogP contribution in [0.5, 0.6) is 0 Å². The normalized spacial score (nSPS) is 30.7. The van der Waals surface area contributed by atoms with E-state index in [0.29, 0.717) is 0 Å². The standard InChI is InChI=1S/C30H56I2OSi2/c1-21-17-29(19-27(9,10)23(21)31,34(13,14)25(3,4)5)33-30(35(15,16)26(6,7)8)18-22(2)24(32)28(11,12)20-30/h17-20H2,1-16H3. The highest BCUT2D eigenvalue weighted by molar-refractivity contribution is 14.1. The lowest BCUT2D eigenvalue weighted by Crippen LogP contribution is -2.72. The Balaban J connectivity index is 2.94. The number of allylic oxidation sites excluding steroid dienone is 2. The summed E-state index contributed by atoms with van der Waals surface area (Å²) in [5.41, 5.74) is 3.43. The third-order valence-corrected chi connectivity index (χ3v) is 28.6. The fraction of sp³-hybridized carbons (Fsp3) is 0.867. The topological polar surface area (TPSA) is 9.23 Å². The van der Waals surface area contributed by atoms with Gasteiger partial charge in [-0.2, -0.15) is 0 Å². The zero-order valence-corrected chi connectivity index (χ0v) is 32.3. The third-order valence-electron chi connectivity index (χ3n) is 10.9. The first-order chi connectivity index (χ1) is 15.2. The molecule has 0 spiro atoms. The second kappa shape index (κ2) is 9.47. The first kappa shape index (κ1) is 32.5. The molecule has 0 fully saturated rings. The summed E-state index contributed by atoms with van der Waals surface area (Å²) in [6.07, 6.45) is 4.48. The van der Waals surface area contributed by atoms with Gasteiger partial charge < -0.3 is 4.74 Å². The summed E-state index contributed by atoms with van der Waals surface area (Å²) >= 11 is 5.29. The van der Waals surface area contributed by atoms with Crippen LogP contribution in [-0.2, 0) is 4.74 Å². The van der Waals surface area contributed by atoms with Gasteiger partial charge in [0.05, 0.1) is 26.6 Å². The highest BCUT2D eigenvalue weighted by Gasteiger charge is 2.65. The van der Waals surface area contributed by atoms with Crippen LogP contribution in [-0.4, -0.2) is 26.6 Å². The van der Waals surface area contributed by atoms with Gasteiger partial charge in [-0.25, -0.2) is 0 Å². The van der Waals surface area contributed by atoms with Crippen LogP contribution in [0.25, 0.3) is 0 Å². The summed E-state index contributed by atoms with van der Waals surface area (Å²) in [6.45, 7) is 40.2. The maximum absolute atomic E-state index is 8.25. The fourth-order valence-corrected chi connectivity index (χ4v) is 14.6. The lowest BCUT2D eigenvalue weighted by Gasteiger charge is -2.65. The molecule has 1 nitrogen and oxygen atoms in total. The van der Waals surface area contributed by atoms with Gasteiger partial charge in [0.25, 0.3) is 0 Å². The zero-order valence-electron chi connectivity index (χ0n) is 26.0. The van der Waals surface area contributed by atoms with E-state index in [1.165, 1.54) is 0 Å². The smallest absolute Gasteiger partial charge is 0.0912 e. The van der Waals surface area contributed by atoms with Crippen molar-refractivity contribution in [2.24, 2.45) is 10.8 Å². The number of rotatable bonds is 4. The Labute approximate surface area is 248 Å². The molecular weight excluding hydrogens is 686 g/mol. The predicted octanol–water partition coefficient (Wildman–Crippen LogP) is 11.6. The zero-order chi connectivity index (χ0) is 27.8. The molecule has 5 heteroatoms. The molecule has 0 aromatic rings. The minimum Gasteiger partial charge on any atom is -0.375 e. The van der Waals surface area contributed by atoms with Crippen molar-refractivity contribution in [1.29, 1.82) is 0 Å². The summed E-state index contributed by atoms with van der Waals surface area (Å²) in [5, 5.41) is 0.346. The Morgan fingerprint density at radius 1 is 0.629 bits per heavy atom. The SMILES string of the molecule is CC1=C(I)C(C)(C)CC(OC2([Si](C)(C)C(C)(C)C)CC(C)=C(I)C(C)(C)C2)([Si](C)(C)C(C)(C)C)C1. The van der Waals surface area contributed by atoms with Gasteiger partial charge in [-0.15, -0.1) is 0 Å². The van der Waals surface area contributed by atoms with Crippen LogP contribution in [0.1, 0.15) is 109 Å². The van der Waals surface area contributed by atoms with Gasteiger partial charge in [-0.1, -0.05) is 107 Å². The molecule has 0 saturated heterocycles. The van der Waals surface area contributed by atoms with Gasteiger partial charge in [0.2, 0.25) is 0 Å². The highest BCUT2D eigenvalue weighted by Crippen LogP contribution is 2.63. The molecule has 0 aliphatic heterocycles. The van der Waals surface area contributed by atoms with E-state index in [4.69, 9.17) is 4.74 Å². The van der Waals surface area contributed by atoms with Crippen LogP contribution in [0.4, 0.5) is 0 Å². The van der Waals surface area contributed by atoms with Crippen molar-refractivity contribution in [1.82, 2.24) is 0 Å². The van der Waals surface area contributed by atoms with Crippen LogP contribution >= 0.6 is 45.2 Å². The summed E-state index contributed by atoms with van der Waals surface area (Å²) in [4.78, 5) is 0. The lowest BCUT2D eigenvalue weighted by atomic mass is 9.76. The van der Waals surface area contributed by atoms with Crippen molar-refractivity contribution in [2.75, 3.05) is 0 Å². The molecule has 2 unspecified atom stereocenters. The van der Waals surface area contributed by atoms with Gasteiger partial charge in [-0.3, -0.25) is 0 Å². The first-order valence-corrected chi connectivity index (χ1v) is 21.8.